The molecule has 0 N–H and O–H groups in total. The van der Waals surface area contributed by atoms with Crippen LogP contribution in [-0.4, -0.2) is 5.33 Å². The van der Waals surface area contributed by atoms with Gasteiger partial charge in [0.2, 0.25) is 0 Å². The lowest BCUT2D eigenvalue weighted by Crippen LogP contribution is -2.24. The predicted octanol–water partition coefficient (Wildman–Crippen LogP) is 3.58. The van der Waals surface area contributed by atoms with Gasteiger partial charge in [-0.15, -0.1) is 0 Å². The van der Waals surface area contributed by atoms with Gasteiger partial charge >= 0.3 is 0 Å². The standard InChI is InChI=1S/C11H13Br/c12-8-10-6-7-11(10)9-4-2-1-3-5-9/h1-5,10-11H,6-8H2/t10-,11-/m0/s1. The maximum atomic E-state index is 3.56. The summed E-state index contributed by atoms with van der Waals surface area (Å²) >= 11 is 3.56. The molecule has 1 aliphatic rings. The van der Waals surface area contributed by atoms with Gasteiger partial charge in [0.05, 0.1) is 0 Å². The van der Waals surface area contributed by atoms with Crippen LogP contribution < -0.4 is 0 Å². The average Bonchev–Trinajstić information content (AvgIpc) is 2.05. The van der Waals surface area contributed by atoms with Gasteiger partial charge in [0, 0.05) is 5.33 Å². The molecule has 1 saturated carbocycles. The van der Waals surface area contributed by atoms with E-state index >= 15 is 0 Å². The van der Waals surface area contributed by atoms with Crippen LogP contribution in [0, 0.1) is 5.92 Å². The molecule has 0 bridgehead atoms. The van der Waals surface area contributed by atoms with Crippen molar-refractivity contribution in [3.63, 3.8) is 0 Å². The minimum Gasteiger partial charge on any atom is -0.0925 e. The maximum Gasteiger partial charge on any atom is 0.00655 e. The first-order valence-corrected chi connectivity index (χ1v) is 5.65. The molecule has 0 spiro atoms. The lowest BCUT2D eigenvalue weighted by molar-refractivity contribution is 0.288. The highest BCUT2D eigenvalue weighted by atomic mass is 79.9. The summed E-state index contributed by atoms with van der Waals surface area (Å²) in [6, 6.07) is 10.9. The molecule has 0 amide bonds. The van der Waals surface area contributed by atoms with Crippen molar-refractivity contribution in [1.82, 2.24) is 0 Å². The van der Waals surface area contributed by atoms with Crippen molar-refractivity contribution in [1.29, 1.82) is 0 Å². The minimum atomic E-state index is 0.825. The van der Waals surface area contributed by atoms with Crippen LogP contribution in [-0.2, 0) is 0 Å². The smallest absolute Gasteiger partial charge is 0.00655 e. The van der Waals surface area contributed by atoms with Crippen LogP contribution in [0.15, 0.2) is 30.3 Å². The molecule has 0 aromatic heterocycles. The van der Waals surface area contributed by atoms with Gasteiger partial charge in [-0.1, -0.05) is 46.3 Å². The van der Waals surface area contributed by atoms with E-state index in [0.717, 1.165) is 17.2 Å². The molecule has 0 unspecified atom stereocenters. The van der Waals surface area contributed by atoms with Crippen molar-refractivity contribution in [2.75, 3.05) is 5.33 Å². The quantitative estimate of drug-likeness (QED) is 0.675. The summed E-state index contributed by atoms with van der Waals surface area (Å²) in [5, 5.41) is 1.16. The van der Waals surface area contributed by atoms with E-state index in [9.17, 15) is 0 Å². The molecule has 1 aromatic rings. The second kappa shape index (κ2) is 3.61. The molecule has 1 heteroatoms. The fraction of sp³-hybridized carbons (Fsp3) is 0.455. The number of hydrogen-bond donors (Lipinski definition) is 0. The van der Waals surface area contributed by atoms with E-state index in [1.165, 1.54) is 18.4 Å². The van der Waals surface area contributed by atoms with Gasteiger partial charge in [0.1, 0.15) is 0 Å². The van der Waals surface area contributed by atoms with Crippen molar-refractivity contribution in [3.8, 4) is 0 Å². The molecule has 0 aliphatic heterocycles. The van der Waals surface area contributed by atoms with E-state index in [4.69, 9.17) is 0 Å². The summed E-state index contributed by atoms with van der Waals surface area (Å²) in [7, 11) is 0. The normalized spacial score (nSPS) is 28.1. The third kappa shape index (κ3) is 1.42. The minimum absolute atomic E-state index is 0.825. The third-order valence-electron chi connectivity index (χ3n) is 2.84. The van der Waals surface area contributed by atoms with Crippen LogP contribution in [0.5, 0.6) is 0 Å². The maximum absolute atomic E-state index is 3.56. The molecule has 12 heavy (non-hydrogen) atoms. The molecule has 1 aliphatic carbocycles. The Bertz CT molecular complexity index is 240. The summed E-state index contributed by atoms with van der Waals surface area (Å²) < 4.78 is 0. The van der Waals surface area contributed by atoms with E-state index in [1.807, 2.05) is 0 Å². The Morgan fingerprint density at radius 2 is 1.92 bits per heavy atom. The summed E-state index contributed by atoms with van der Waals surface area (Å²) in [5.41, 5.74) is 1.52. The van der Waals surface area contributed by atoms with Gasteiger partial charge in [0.25, 0.3) is 0 Å². The van der Waals surface area contributed by atoms with Crippen LogP contribution in [0.2, 0.25) is 0 Å². The highest BCUT2D eigenvalue weighted by Gasteiger charge is 2.30. The molecular weight excluding hydrogens is 212 g/mol. The summed E-state index contributed by atoms with van der Waals surface area (Å²) in [4.78, 5) is 0. The predicted molar refractivity (Wildman–Crippen MR) is 55.7 cm³/mol. The number of halogens is 1. The first-order valence-electron chi connectivity index (χ1n) is 4.52. The molecule has 0 radical (unpaired) electrons. The van der Waals surface area contributed by atoms with E-state index in [-0.39, 0.29) is 0 Å². The Balaban J connectivity index is 2.11. The van der Waals surface area contributed by atoms with Crippen LogP contribution in [0.25, 0.3) is 0 Å². The summed E-state index contributed by atoms with van der Waals surface area (Å²) in [6.07, 6.45) is 2.77. The van der Waals surface area contributed by atoms with E-state index in [2.05, 4.69) is 46.3 Å². The van der Waals surface area contributed by atoms with Crippen molar-refractivity contribution in [2.45, 2.75) is 18.8 Å². The van der Waals surface area contributed by atoms with Gasteiger partial charge < -0.3 is 0 Å². The molecule has 0 nitrogen and oxygen atoms in total. The molecule has 0 saturated heterocycles. The van der Waals surface area contributed by atoms with Gasteiger partial charge in [-0.3, -0.25) is 0 Å². The fourth-order valence-corrected chi connectivity index (χ4v) is 2.67. The van der Waals surface area contributed by atoms with Crippen molar-refractivity contribution in [3.05, 3.63) is 35.9 Å². The number of benzene rings is 1. The number of alkyl halides is 1. The Hall–Kier alpha value is -0.300. The van der Waals surface area contributed by atoms with Crippen molar-refractivity contribution < 1.29 is 0 Å². The van der Waals surface area contributed by atoms with Crippen LogP contribution in [0.4, 0.5) is 0 Å². The van der Waals surface area contributed by atoms with E-state index in [0.29, 0.717) is 0 Å². The van der Waals surface area contributed by atoms with Crippen LogP contribution in [0.3, 0.4) is 0 Å². The Labute approximate surface area is 82.1 Å². The van der Waals surface area contributed by atoms with Gasteiger partial charge in [-0.25, -0.2) is 0 Å². The number of rotatable bonds is 2. The summed E-state index contributed by atoms with van der Waals surface area (Å²) in [5.74, 6) is 1.71. The number of hydrogen-bond acceptors (Lipinski definition) is 0. The van der Waals surface area contributed by atoms with Gasteiger partial charge in [0.15, 0.2) is 0 Å². The molecule has 0 heterocycles. The second-order valence-electron chi connectivity index (χ2n) is 3.51. The first-order chi connectivity index (χ1) is 5.92. The molecular formula is C11H13Br. The largest absolute Gasteiger partial charge is 0.0925 e. The molecule has 2 atom stereocenters. The molecule has 1 aromatic carbocycles. The highest BCUT2D eigenvalue weighted by Crippen LogP contribution is 2.43. The highest BCUT2D eigenvalue weighted by molar-refractivity contribution is 9.09. The third-order valence-corrected chi connectivity index (χ3v) is 3.68. The zero-order chi connectivity index (χ0) is 8.39. The van der Waals surface area contributed by atoms with Gasteiger partial charge in [-0.05, 0) is 30.2 Å². The SMILES string of the molecule is BrC[C@@H]1CC[C@H]1c1ccccc1. The molecule has 1 fully saturated rings. The lowest BCUT2D eigenvalue weighted by atomic mass is 9.71. The Morgan fingerprint density at radius 1 is 1.17 bits per heavy atom. The van der Waals surface area contributed by atoms with Crippen molar-refractivity contribution in [2.24, 2.45) is 5.92 Å². The van der Waals surface area contributed by atoms with Crippen LogP contribution in [0.1, 0.15) is 24.3 Å². The van der Waals surface area contributed by atoms with E-state index < -0.39 is 0 Å². The summed E-state index contributed by atoms with van der Waals surface area (Å²) in [6.45, 7) is 0. The zero-order valence-electron chi connectivity index (χ0n) is 7.04. The second-order valence-corrected chi connectivity index (χ2v) is 4.16. The Morgan fingerprint density at radius 3 is 2.42 bits per heavy atom. The lowest BCUT2D eigenvalue weighted by Gasteiger charge is -2.35. The van der Waals surface area contributed by atoms with Gasteiger partial charge in [-0.2, -0.15) is 0 Å². The molecule has 2 rings (SSSR count). The Kier molecular flexibility index (Phi) is 2.50. The average molecular weight is 225 g/mol. The topological polar surface area (TPSA) is 0 Å². The monoisotopic (exact) mass is 224 g/mol. The first kappa shape index (κ1) is 8.31. The van der Waals surface area contributed by atoms with Crippen molar-refractivity contribution >= 4 is 15.9 Å². The van der Waals surface area contributed by atoms with Crippen LogP contribution >= 0.6 is 15.9 Å². The fourth-order valence-electron chi connectivity index (χ4n) is 1.89. The molecule has 64 valence electrons. The van der Waals surface area contributed by atoms with E-state index in [1.54, 1.807) is 0 Å². The zero-order valence-corrected chi connectivity index (χ0v) is 8.63.